The summed E-state index contributed by atoms with van der Waals surface area (Å²) in [5.41, 5.74) is 0. The van der Waals surface area contributed by atoms with Gasteiger partial charge >= 0.3 is 0 Å². The lowest BCUT2D eigenvalue weighted by molar-refractivity contribution is 0.0907. The fourth-order valence-electron chi connectivity index (χ4n) is 1.04. The SMILES string of the molecule is N#CCCCCNCCCOCCO. The maximum Gasteiger partial charge on any atom is 0.0697 e. The van der Waals surface area contributed by atoms with Crippen LogP contribution in [-0.4, -0.2) is 38.0 Å². The summed E-state index contributed by atoms with van der Waals surface area (Å²) in [7, 11) is 0. The topological polar surface area (TPSA) is 65.3 Å². The van der Waals surface area contributed by atoms with Crippen LogP contribution in [0.25, 0.3) is 0 Å². The highest BCUT2D eigenvalue weighted by atomic mass is 16.5. The molecule has 0 unspecified atom stereocenters. The molecule has 0 heterocycles. The number of aliphatic hydroxyl groups is 1. The highest BCUT2D eigenvalue weighted by molar-refractivity contribution is 4.68. The van der Waals surface area contributed by atoms with Gasteiger partial charge in [-0.05, 0) is 32.4 Å². The molecule has 0 aromatic carbocycles. The Morgan fingerprint density at radius 2 is 1.93 bits per heavy atom. The molecule has 82 valence electrons. The van der Waals surface area contributed by atoms with E-state index >= 15 is 0 Å². The van der Waals surface area contributed by atoms with Crippen molar-refractivity contribution in [3.63, 3.8) is 0 Å². The number of nitriles is 1. The Bertz CT molecular complexity index is 146. The van der Waals surface area contributed by atoms with E-state index in [0.29, 0.717) is 19.6 Å². The Morgan fingerprint density at radius 1 is 1.14 bits per heavy atom. The molecule has 0 radical (unpaired) electrons. The summed E-state index contributed by atoms with van der Waals surface area (Å²) in [6.07, 6.45) is 3.66. The van der Waals surface area contributed by atoms with Crippen molar-refractivity contribution in [2.75, 3.05) is 32.9 Å². The van der Waals surface area contributed by atoms with Crippen molar-refractivity contribution < 1.29 is 9.84 Å². The molecule has 0 fully saturated rings. The first-order valence-electron chi connectivity index (χ1n) is 5.18. The fraction of sp³-hybridized carbons (Fsp3) is 0.900. The van der Waals surface area contributed by atoms with Gasteiger partial charge in [0.15, 0.2) is 0 Å². The number of hydrogen-bond donors (Lipinski definition) is 2. The molecule has 0 atom stereocenters. The van der Waals surface area contributed by atoms with Gasteiger partial charge in [0.25, 0.3) is 0 Å². The van der Waals surface area contributed by atoms with Crippen molar-refractivity contribution in [3.8, 4) is 6.07 Å². The first-order valence-corrected chi connectivity index (χ1v) is 5.18. The highest BCUT2D eigenvalue weighted by Gasteiger charge is 1.90. The molecule has 0 aliphatic rings. The van der Waals surface area contributed by atoms with Gasteiger partial charge in [0, 0.05) is 13.0 Å². The zero-order valence-corrected chi connectivity index (χ0v) is 8.67. The van der Waals surface area contributed by atoms with E-state index in [1.54, 1.807) is 0 Å². The Balaban J connectivity index is 2.82. The molecule has 0 spiro atoms. The van der Waals surface area contributed by atoms with Gasteiger partial charge < -0.3 is 15.2 Å². The smallest absolute Gasteiger partial charge is 0.0697 e. The van der Waals surface area contributed by atoms with Gasteiger partial charge in [-0.1, -0.05) is 0 Å². The summed E-state index contributed by atoms with van der Waals surface area (Å²) in [5.74, 6) is 0. The number of hydrogen-bond acceptors (Lipinski definition) is 4. The monoisotopic (exact) mass is 200 g/mol. The molecule has 0 rings (SSSR count). The molecular weight excluding hydrogens is 180 g/mol. The second-order valence-corrected chi connectivity index (χ2v) is 3.05. The quantitative estimate of drug-likeness (QED) is 0.509. The molecular formula is C10H20N2O2. The van der Waals surface area contributed by atoms with Gasteiger partial charge in [0.2, 0.25) is 0 Å². The molecule has 2 N–H and O–H groups in total. The summed E-state index contributed by atoms with van der Waals surface area (Å²) in [6, 6.07) is 2.12. The molecule has 14 heavy (non-hydrogen) atoms. The number of ether oxygens (including phenoxy) is 1. The number of rotatable bonds is 10. The third-order valence-corrected chi connectivity index (χ3v) is 1.77. The number of nitrogens with zero attached hydrogens (tertiary/aromatic N) is 1. The van der Waals surface area contributed by atoms with E-state index in [4.69, 9.17) is 15.1 Å². The maximum atomic E-state index is 8.42. The van der Waals surface area contributed by atoms with Gasteiger partial charge in [0.05, 0.1) is 19.3 Å². The molecule has 4 nitrogen and oxygen atoms in total. The van der Waals surface area contributed by atoms with Crippen LogP contribution >= 0.6 is 0 Å². The second-order valence-electron chi connectivity index (χ2n) is 3.05. The molecule has 4 heteroatoms. The zero-order valence-electron chi connectivity index (χ0n) is 8.67. The van der Waals surface area contributed by atoms with E-state index < -0.39 is 0 Å². The van der Waals surface area contributed by atoms with Gasteiger partial charge in [-0.3, -0.25) is 0 Å². The van der Waals surface area contributed by atoms with E-state index in [2.05, 4.69) is 11.4 Å². The second kappa shape index (κ2) is 12.4. The first kappa shape index (κ1) is 13.4. The number of unbranched alkanes of at least 4 members (excludes halogenated alkanes) is 2. The maximum absolute atomic E-state index is 8.42. The minimum absolute atomic E-state index is 0.0988. The average Bonchev–Trinajstić information content (AvgIpc) is 2.21. The summed E-state index contributed by atoms with van der Waals surface area (Å²) < 4.78 is 5.09. The highest BCUT2D eigenvalue weighted by Crippen LogP contribution is 1.91. The van der Waals surface area contributed by atoms with Gasteiger partial charge in [-0.2, -0.15) is 5.26 Å². The minimum Gasteiger partial charge on any atom is -0.394 e. The van der Waals surface area contributed by atoms with Gasteiger partial charge in [-0.15, -0.1) is 0 Å². The van der Waals surface area contributed by atoms with Crippen LogP contribution in [0.1, 0.15) is 25.7 Å². The van der Waals surface area contributed by atoms with E-state index in [1.165, 1.54) is 0 Å². The van der Waals surface area contributed by atoms with Crippen LogP contribution in [0, 0.1) is 11.3 Å². The lowest BCUT2D eigenvalue weighted by atomic mass is 10.2. The third kappa shape index (κ3) is 11.4. The van der Waals surface area contributed by atoms with Crippen molar-refractivity contribution >= 4 is 0 Å². The van der Waals surface area contributed by atoms with Gasteiger partial charge in [-0.25, -0.2) is 0 Å². The van der Waals surface area contributed by atoms with Crippen molar-refractivity contribution in [1.29, 1.82) is 5.26 Å². The van der Waals surface area contributed by atoms with Crippen molar-refractivity contribution in [1.82, 2.24) is 5.32 Å². The van der Waals surface area contributed by atoms with E-state index in [1.807, 2.05) is 0 Å². The minimum atomic E-state index is 0.0988. The normalized spacial score (nSPS) is 10.0. The summed E-state index contributed by atoms with van der Waals surface area (Å²) in [4.78, 5) is 0. The molecule has 0 aliphatic heterocycles. The van der Waals surface area contributed by atoms with Crippen LogP contribution < -0.4 is 5.32 Å². The Kier molecular flexibility index (Phi) is 11.8. The van der Waals surface area contributed by atoms with Crippen LogP contribution in [0.2, 0.25) is 0 Å². The lowest BCUT2D eigenvalue weighted by Crippen LogP contribution is -2.18. The average molecular weight is 200 g/mol. The van der Waals surface area contributed by atoms with Crippen LogP contribution in [0.3, 0.4) is 0 Å². The lowest BCUT2D eigenvalue weighted by Gasteiger charge is -2.04. The van der Waals surface area contributed by atoms with Crippen LogP contribution in [0.5, 0.6) is 0 Å². The Morgan fingerprint density at radius 3 is 2.64 bits per heavy atom. The summed E-state index contributed by atoms with van der Waals surface area (Å²) in [5, 5.41) is 20.0. The molecule has 0 amide bonds. The summed E-state index contributed by atoms with van der Waals surface area (Å²) >= 11 is 0. The van der Waals surface area contributed by atoms with Crippen LogP contribution in [0.15, 0.2) is 0 Å². The predicted molar refractivity (Wildman–Crippen MR) is 54.9 cm³/mol. The molecule has 0 saturated heterocycles. The van der Waals surface area contributed by atoms with Crippen molar-refractivity contribution in [3.05, 3.63) is 0 Å². The first-order chi connectivity index (χ1) is 6.91. The summed E-state index contributed by atoms with van der Waals surface area (Å²) in [6.45, 7) is 3.15. The van der Waals surface area contributed by atoms with E-state index in [0.717, 1.165) is 32.4 Å². The zero-order chi connectivity index (χ0) is 10.5. The molecule has 0 aliphatic carbocycles. The molecule has 0 bridgehead atoms. The molecule has 0 aromatic rings. The molecule has 0 aromatic heterocycles. The van der Waals surface area contributed by atoms with Crippen LogP contribution in [-0.2, 0) is 4.74 Å². The van der Waals surface area contributed by atoms with E-state index in [9.17, 15) is 0 Å². The fourth-order valence-corrected chi connectivity index (χ4v) is 1.04. The standard InChI is InChI=1S/C10H20N2O2/c11-5-2-1-3-6-12-7-4-9-14-10-8-13/h12-13H,1-4,6-10H2. The predicted octanol–water partition coefficient (Wildman–Crippen LogP) is 0.669. The van der Waals surface area contributed by atoms with Gasteiger partial charge in [0.1, 0.15) is 0 Å². The van der Waals surface area contributed by atoms with Crippen molar-refractivity contribution in [2.24, 2.45) is 0 Å². The number of nitrogens with one attached hydrogen (secondary N) is 1. The van der Waals surface area contributed by atoms with E-state index in [-0.39, 0.29) is 6.61 Å². The Labute approximate surface area is 85.9 Å². The molecule has 0 saturated carbocycles. The van der Waals surface area contributed by atoms with Crippen LogP contribution in [0.4, 0.5) is 0 Å². The Hall–Kier alpha value is -0.630. The number of aliphatic hydroxyl groups excluding tert-OH is 1. The largest absolute Gasteiger partial charge is 0.394 e. The van der Waals surface area contributed by atoms with Crippen molar-refractivity contribution in [2.45, 2.75) is 25.7 Å². The third-order valence-electron chi connectivity index (χ3n) is 1.77.